The Hall–Kier alpha value is -2.96. The fourth-order valence-corrected chi connectivity index (χ4v) is 5.82. The molecule has 0 fully saturated rings. The normalized spacial score (nSPS) is 17.1. The van der Waals surface area contributed by atoms with Gasteiger partial charge in [0.15, 0.2) is 0 Å². The van der Waals surface area contributed by atoms with Crippen LogP contribution in [0.1, 0.15) is 24.0 Å². The number of hydrogen-bond donors (Lipinski definition) is 1. The molecule has 1 aliphatic heterocycles. The van der Waals surface area contributed by atoms with Gasteiger partial charge in [0.05, 0.1) is 12.6 Å². The van der Waals surface area contributed by atoms with E-state index in [0.717, 1.165) is 38.6 Å². The van der Waals surface area contributed by atoms with Crippen molar-refractivity contribution in [1.82, 2.24) is 4.90 Å². The van der Waals surface area contributed by atoms with Crippen LogP contribution in [0.2, 0.25) is 0 Å². The minimum Gasteiger partial charge on any atom is -0.507 e. The lowest BCUT2D eigenvalue weighted by molar-refractivity contribution is -0.145. The summed E-state index contributed by atoms with van der Waals surface area (Å²) in [5.74, 6) is 0.250. The molecule has 3 aromatic rings. The highest BCUT2D eigenvalue weighted by Crippen LogP contribution is 2.50. The van der Waals surface area contributed by atoms with E-state index < -0.39 is 5.92 Å². The molecule has 1 heterocycles. The number of ether oxygens (including phenoxy) is 1. The number of esters is 1. The number of rotatable bonds is 8. The molecule has 34 heavy (non-hydrogen) atoms. The van der Waals surface area contributed by atoms with E-state index in [1.165, 1.54) is 0 Å². The van der Waals surface area contributed by atoms with E-state index in [1.807, 2.05) is 87.6 Å². The van der Waals surface area contributed by atoms with Gasteiger partial charge in [-0.3, -0.25) is 4.79 Å². The number of benzene rings is 3. The Morgan fingerprint density at radius 1 is 1.09 bits per heavy atom. The predicted octanol–water partition coefficient (Wildman–Crippen LogP) is 5.38. The molecule has 2 atom stereocenters. The second kappa shape index (κ2) is 10.5. The number of carbonyl (C=O) groups excluding carboxylic acids is 1. The van der Waals surface area contributed by atoms with E-state index in [0.29, 0.717) is 13.2 Å². The van der Waals surface area contributed by atoms with Crippen molar-refractivity contribution in [1.29, 1.82) is 0 Å². The zero-order chi connectivity index (χ0) is 24.2. The third kappa shape index (κ3) is 4.79. The Kier molecular flexibility index (Phi) is 7.49. The minimum absolute atomic E-state index is 0.0920. The van der Waals surface area contributed by atoms with Crippen LogP contribution in [0.5, 0.6) is 5.75 Å². The van der Waals surface area contributed by atoms with Crippen LogP contribution < -0.4 is 4.90 Å². The summed E-state index contributed by atoms with van der Waals surface area (Å²) in [5.41, 5.74) is 4.38. The molecule has 4 rings (SSSR count). The lowest BCUT2D eigenvalue weighted by atomic mass is 9.88. The maximum Gasteiger partial charge on any atom is 0.315 e. The number of phenols is 1. The number of fused-ring (bicyclic) bond motifs is 1. The maximum absolute atomic E-state index is 13.3. The van der Waals surface area contributed by atoms with Crippen molar-refractivity contribution in [2.45, 2.75) is 30.3 Å². The summed E-state index contributed by atoms with van der Waals surface area (Å²) in [6, 6.07) is 22.1. The highest BCUT2D eigenvalue weighted by molar-refractivity contribution is 7.99. The molecule has 0 saturated carbocycles. The molecular weight excluding hydrogens is 444 g/mol. The van der Waals surface area contributed by atoms with Gasteiger partial charge in [-0.1, -0.05) is 48.5 Å². The lowest BCUT2D eigenvalue weighted by Gasteiger charge is -2.26. The average Bonchev–Trinajstić information content (AvgIpc) is 3.12. The Morgan fingerprint density at radius 2 is 1.74 bits per heavy atom. The topological polar surface area (TPSA) is 53.0 Å². The number of thioether (sulfide) groups is 1. The first-order valence-corrected chi connectivity index (χ1v) is 12.6. The maximum atomic E-state index is 13.3. The number of nitrogens with zero attached hydrogens (tertiary/aromatic N) is 2. The van der Waals surface area contributed by atoms with Gasteiger partial charge in [-0.2, -0.15) is 0 Å². The first-order chi connectivity index (χ1) is 16.4. The van der Waals surface area contributed by atoms with Gasteiger partial charge in [-0.15, -0.1) is 11.8 Å². The zero-order valence-corrected chi connectivity index (χ0v) is 21.0. The van der Waals surface area contributed by atoms with Crippen molar-refractivity contribution in [3.8, 4) is 16.9 Å². The van der Waals surface area contributed by atoms with Crippen LogP contribution >= 0.6 is 11.8 Å². The largest absolute Gasteiger partial charge is 0.507 e. The molecule has 1 aliphatic rings. The number of aromatic hydroxyl groups is 1. The number of hydrogen-bond acceptors (Lipinski definition) is 6. The molecule has 3 aromatic carbocycles. The summed E-state index contributed by atoms with van der Waals surface area (Å²) in [4.78, 5) is 18.7. The molecule has 0 aliphatic carbocycles. The summed E-state index contributed by atoms with van der Waals surface area (Å²) >= 11 is 1.73. The monoisotopic (exact) mass is 476 g/mol. The third-order valence-electron chi connectivity index (χ3n) is 6.26. The third-order valence-corrected chi connectivity index (χ3v) is 7.37. The van der Waals surface area contributed by atoms with Crippen molar-refractivity contribution < 1.29 is 14.6 Å². The highest BCUT2D eigenvalue weighted by atomic mass is 32.2. The number of phenolic OH excluding ortho intramolecular Hbond substituents is 1. The highest BCUT2D eigenvalue weighted by Gasteiger charge is 2.45. The summed E-state index contributed by atoms with van der Waals surface area (Å²) < 4.78 is 5.56. The molecule has 0 radical (unpaired) electrons. The smallest absolute Gasteiger partial charge is 0.315 e. The summed E-state index contributed by atoms with van der Waals surface area (Å²) in [6.45, 7) is 2.68. The van der Waals surface area contributed by atoms with E-state index in [9.17, 15) is 9.90 Å². The van der Waals surface area contributed by atoms with Crippen LogP contribution in [0.25, 0.3) is 11.1 Å². The first kappa shape index (κ1) is 24.2. The Labute approximate surface area is 206 Å². The van der Waals surface area contributed by atoms with E-state index >= 15 is 0 Å². The van der Waals surface area contributed by atoms with Crippen molar-refractivity contribution >= 4 is 23.4 Å². The molecule has 0 bridgehead atoms. The van der Waals surface area contributed by atoms with E-state index in [1.54, 1.807) is 11.8 Å². The molecule has 0 spiro atoms. The van der Waals surface area contributed by atoms with E-state index in [2.05, 4.69) is 17.0 Å². The molecule has 1 N–H and O–H groups in total. The molecule has 0 aromatic heterocycles. The van der Waals surface area contributed by atoms with Gasteiger partial charge < -0.3 is 19.6 Å². The average molecular weight is 477 g/mol. The van der Waals surface area contributed by atoms with Gasteiger partial charge in [0, 0.05) is 41.1 Å². The summed E-state index contributed by atoms with van der Waals surface area (Å²) in [7, 11) is 5.99. The van der Waals surface area contributed by atoms with Gasteiger partial charge in [-0.05, 0) is 50.3 Å². The Balaban J connectivity index is 1.84. The summed E-state index contributed by atoms with van der Waals surface area (Å²) in [6.07, 6.45) is 0. The van der Waals surface area contributed by atoms with Crippen molar-refractivity contribution in [2.75, 3.05) is 38.4 Å². The van der Waals surface area contributed by atoms with Crippen molar-refractivity contribution in [3.63, 3.8) is 0 Å². The van der Waals surface area contributed by atoms with Crippen molar-refractivity contribution in [2.24, 2.45) is 0 Å². The minimum atomic E-state index is -0.471. The fraction of sp³-hybridized carbons (Fsp3) is 0.321. The molecule has 0 amide bonds. The number of likely N-dealkylation sites (N-methyl/N-ethyl adjacent to an activating group) is 1. The Morgan fingerprint density at radius 3 is 2.35 bits per heavy atom. The van der Waals surface area contributed by atoms with Crippen LogP contribution in [-0.4, -0.2) is 55.5 Å². The molecule has 0 saturated heterocycles. The van der Waals surface area contributed by atoms with Crippen LogP contribution in [0.3, 0.4) is 0 Å². The molecule has 5 nitrogen and oxygen atoms in total. The summed E-state index contributed by atoms with van der Waals surface area (Å²) in [5, 5.41) is 11.5. The Bertz CT molecular complexity index is 1140. The molecular formula is C28H32N2O3S. The zero-order valence-electron chi connectivity index (χ0n) is 20.2. The standard InChI is InChI=1S/C28H32N2O3S/c1-5-33-28(32)26-24(18-34-20-14-10-7-11-15-20)30(4)23-16-21(19-12-8-6-9-13-19)27(31)22(25(23)26)17-29(2)3/h6-16,24,26,31H,5,17-18H2,1-4H3. The van der Waals surface area contributed by atoms with Gasteiger partial charge in [0.2, 0.25) is 0 Å². The quantitative estimate of drug-likeness (QED) is 0.348. The van der Waals surface area contributed by atoms with Gasteiger partial charge >= 0.3 is 5.97 Å². The van der Waals surface area contributed by atoms with Gasteiger partial charge in [0.1, 0.15) is 11.7 Å². The van der Waals surface area contributed by atoms with Gasteiger partial charge in [0.25, 0.3) is 0 Å². The molecule has 178 valence electrons. The van der Waals surface area contributed by atoms with E-state index in [4.69, 9.17) is 4.74 Å². The van der Waals surface area contributed by atoms with E-state index in [-0.39, 0.29) is 17.8 Å². The second-order valence-corrected chi connectivity index (χ2v) is 9.91. The van der Waals surface area contributed by atoms with Crippen LogP contribution in [0.15, 0.2) is 71.6 Å². The lowest BCUT2D eigenvalue weighted by Crippen LogP contribution is -2.37. The molecule has 6 heteroatoms. The predicted molar refractivity (Wildman–Crippen MR) is 140 cm³/mol. The SMILES string of the molecule is CCOC(=O)C1c2c(cc(-c3ccccc3)c(O)c2CN(C)C)N(C)C1CSc1ccccc1. The van der Waals surface area contributed by atoms with Crippen molar-refractivity contribution in [3.05, 3.63) is 77.9 Å². The van der Waals surface area contributed by atoms with Gasteiger partial charge in [-0.25, -0.2) is 0 Å². The number of anilines is 1. The van der Waals surface area contributed by atoms with Crippen LogP contribution in [0, 0.1) is 0 Å². The number of carbonyl (C=O) groups is 1. The molecule has 2 unspecified atom stereocenters. The first-order valence-electron chi connectivity index (χ1n) is 11.6. The van der Waals surface area contributed by atoms with Crippen LogP contribution in [-0.2, 0) is 16.1 Å². The second-order valence-electron chi connectivity index (χ2n) is 8.82. The fourth-order valence-electron chi connectivity index (χ4n) is 4.69. The van der Waals surface area contributed by atoms with Crippen LogP contribution in [0.4, 0.5) is 5.69 Å².